The van der Waals surface area contributed by atoms with Gasteiger partial charge in [-0.2, -0.15) is 0 Å². The lowest BCUT2D eigenvalue weighted by atomic mass is 9.84. The molecule has 0 heterocycles. The van der Waals surface area contributed by atoms with Crippen LogP contribution in [0.15, 0.2) is 0 Å². The summed E-state index contributed by atoms with van der Waals surface area (Å²) in [6, 6.07) is 0. The van der Waals surface area contributed by atoms with Crippen molar-refractivity contribution in [1.29, 1.82) is 0 Å². The van der Waals surface area contributed by atoms with Crippen molar-refractivity contribution in [3.8, 4) is 0 Å². The van der Waals surface area contributed by atoms with Gasteiger partial charge in [0.1, 0.15) is 5.54 Å². The van der Waals surface area contributed by atoms with E-state index >= 15 is 0 Å². The van der Waals surface area contributed by atoms with Gasteiger partial charge in [0.15, 0.2) is 0 Å². The zero-order valence-electron chi connectivity index (χ0n) is 14.2. The number of nitrogens with two attached hydrogens (primary N) is 1. The maximum Gasteiger partial charge on any atom is 0.238 e. The van der Waals surface area contributed by atoms with Crippen molar-refractivity contribution in [1.82, 2.24) is 10.2 Å². The summed E-state index contributed by atoms with van der Waals surface area (Å²) in [7, 11) is 3.60. The van der Waals surface area contributed by atoms with Crippen LogP contribution in [-0.2, 0) is 9.53 Å². The third-order valence-electron chi connectivity index (χ3n) is 4.74. The lowest BCUT2D eigenvalue weighted by Crippen LogP contribution is -2.57. The van der Waals surface area contributed by atoms with Gasteiger partial charge in [0.05, 0.1) is 6.61 Å². The Bertz CT molecular complexity index is 323. The van der Waals surface area contributed by atoms with E-state index in [-0.39, 0.29) is 5.91 Å². The molecule has 3 N–H and O–H groups in total. The van der Waals surface area contributed by atoms with Gasteiger partial charge in [-0.25, -0.2) is 0 Å². The molecule has 1 saturated carbocycles. The summed E-state index contributed by atoms with van der Waals surface area (Å²) < 4.78 is 5.20. The van der Waals surface area contributed by atoms with Crippen molar-refractivity contribution in [3.63, 3.8) is 0 Å². The van der Waals surface area contributed by atoms with Gasteiger partial charge in [-0.05, 0) is 44.7 Å². The minimum absolute atomic E-state index is 0.195. The van der Waals surface area contributed by atoms with E-state index in [9.17, 15) is 4.79 Å². The number of rotatable bonds is 10. The summed E-state index contributed by atoms with van der Waals surface area (Å²) >= 11 is 0. The summed E-state index contributed by atoms with van der Waals surface area (Å²) in [5.41, 5.74) is 5.17. The van der Waals surface area contributed by atoms with Crippen molar-refractivity contribution in [3.05, 3.63) is 0 Å². The van der Waals surface area contributed by atoms with E-state index in [2.05, 4.69) is 24.1 Å². The highest BCUT2D eigenvalue weighted by Gasteiger charge is 2.46. The van der Waals surface area contributed by atoms with Crippen LogP contribution in [0.4, 0.5) is 0 Å². The number of carbonyl (C=O) groups is 1. The molecule has 1 fully saturated rings. The number of carbonyl (C=O) groups excluding carboxylic acids is 1. The number of hydrogen-bond donors (Lipinski definition) is 2. The van der Waals surface area contributed by atoms with Crippen LogP contribution < -0.4 is 11.1 Å². The molecule has 0 bridgehead atoms. The molecular formula is C16H33N3O2. The van der Waals surface area contributed by atoms with Crippen molar-refractivity contribution >= 4 is 5.91 Å². The maximum absolute atomic E-state index is 11.9. The lowest BCUT2D eigenvalue weighted by molar-refractivity contribution is -0.125. The SMILES string of the molecule is CNC1(C(N)=O)CCCC1CCN(CCOC)CC(C)C. The molecule has 0 radical (unpaired) electrons. The van der Waals surface area contributed by atoms with Gasteiger partial charge in [-0.3, -0.25) is 4.79 Å². The van der Waals surface area contributed by atoms with Gasteiger partial charge in [0.2, 0.25) is 5.91 Å². The molecule has 0 aromatic carbocycles. The quantitative estimate of drug-likeness (QED) is 0.636. The Morgan fingerprint density at radius 1 is 1.48 bits per heavy atom. The molecule has 2 unspecified atom stereocenters. The van der Waals surface area contributed by atoms with Crippen LogP contribution in [0.5, 0.6) is 0 Å². The van der Waals surface area contributed by atoms with Crippen LogP contribution in [-0.4, -0.2) is 56.7 Å². The standard InChI is InChI=1S/C16H33N3O2/c1-13(2)12-19(10-11-21-4)9-7-14-6-5-8-16(14,18-3)15(17)20/h13-14,18H,5-12H2,1-4H3,(H2,17,20). The number of ether oxygens (including phenoxy) is 1. The van der Waals surface area contributed by atoms with Gasteiger partial charge in [-0.15, -0.1) is 0 Å². The van der Waals surface area contributed by atoms with E-state index < -0.39 is 5.54 Å². The monoisotopic (exact) mass is 299 g/mol. The van der Waals surface area contributed by atoms with Gasteiger partial charge >= 0.3 is 0 Å². The van der Waals surface area contributed by atoms with Crippen molar-refractivity contribution in [2.45, 2.75) is 45.1 Å². The minimum Gasteiger partial charge on any atom is -0.383 e. The first-order valence-electron chi connectivity index (χ1n) is 8.16. The third-order valence-corrected chi connectivity index (χ3v) is 4.74. The fraction of sp³-hybridized carbons (Fsp3) is 0.938. The Balaban J connectivity index is 2.58. The number of amides is 1. The van der Waals surface area contributed by atoms with Crippen LogP contribution in [0.1, 0.15) is 39.5 Å². The van der Waals surface area contributed by atoms with Crippen LogP contribution >= 0.6 is 0 Å². The minimum atomic E-state index is -0.495. The second kappa shape index (κ2) is 8.71. The molecule has 5 nitrogen and oxygen atoms in total. The topological polar surface area (TPSA) is 67.6 Å². The molecule has 124 valence electrons. The van der Waals surface area contributed by atoms with Gasteiger partial charge < -0.3 is 20.7 Å². The zero-order chi connectivity index (χ0) is 15.9. The first-order chi connectivity index (χ1) is 9.96. The molecule has 0 aromatic rings. The number of nitrogens with one attached hydrogen (secondary N) is 1. The largest absolute Gasteiger partial charge is 0.383 e. The Kier molecular flexibility index (Phi) is 7.63. The Labute approximate surface area is 129 Å². The predicted molar refractivity (Wildman–Crippen MR) is 86.1 cm³/mol. The summed E-state index contributed by atoms with van der Waals surface area (Å²) in [6.45, 7) is 8.24. The van der Waals surface area contributed by atoms with E-state index in [0.717, 1.165) is 51.9 Å². The molecule has 1 rings (SSSR count). The Morgan fingerprint density at radius 3 is 2.71 bits per heavy atom. The molecule has 2 atom stereocenters. The molecule has 1 aliphatic carbocycles. The Morgan fingerprint density at radius 2 is 2.19 bits per heavy atom. The summed E-state index contributed by atoms with van der Waals surface area (Å²) in [6.07, 6.45) is 4.05. The summed E-state index contributed by atoms with van der Waals surface area (Å²) in [5, 5.41) is 3.22. The Hall–Kier alpha value is -0.650. The van der Waals surface area contributed by atoms with Crippen LogP contribution in [0.2, 0.25) is 0 Å². The molecule has 1 amide bonds. The average Bonchev–Trinajstić information content (AvgIpc) is 2.85. The number of primary amides is 1. The van der Waals surface area contributed by atoms with Gasteiger partial charge in [0, 0.05) is 20.2 Å². The van der Waals surface area contributed by atoms with E-state index in [4.69, 9.17) is 10.5 Å². The van der Waals surface area contributed by atoms with Crippen LogP contribution in [0, 0.1) is 11.8 Å². The molecule has 5 heteroatoms. The average molecular weight is 299 g/mol. The molecule has 0 saturated heterocycles. The second-order valence-electron chi connectivity index (χ2n) is 6.65. The van der Waals surface area contributed by atoms with E-state index in [0.29, 0.717) is 11.8 Å². The van der Waals surface area contributed by atoms with Gasteiger partial charge in [0.25, 0.3) is 0 Å². The summed E-state index contributed by atoms with van der Waals surface area (Å²) in [4.78, 5) is 14.3. The van der Waals surface area contributed by atoms with Crippen molar-refractivity contribution < 1.29 is 9.53 Å². The van der Waals surface area contributed by atoms with Crippen molar-refractivity contribution in [2.75, 3.05) is 40.4 Å². The first-order valence-corrected chi connectivity index (χ1v) is 8.16. The number of hydrogen-bond acceptors (Lipinski definition) is 4. The van der Waals surface area contributed by atoms with Crippen LogP contribution in [0.25, 0.3) is 0 Å². The highest BCUT2D eigenvalue weighted by molar-refractivity contribution is 5.85. The van der Waals surface area contributed by atoms with E-state index in [1.807, 2.05) is 7.05 Å². The molecule has 0 aliphatic heterocycles. The first kappa shape index (κ1) is 18.4. The second-order valence-corrected chi connectivity index (χ2v) is 6.65. The van der Waals surface area contributed by atoms with E-state index in [1.165, 1.54) is 0 Å². The number of methoxy groups -OCH3 is 1. The number of likely N-dealkylation sites (N-methyl/N-ethyl adjacent to an activating group) is 1. The normalized spacial score (nSPS) is 25.9. The van der Waals surface area contributed by atoms with Crippen LogP contribution in [0.3, 0.4) is 0 Å². The molecule has 0 aromatic heterocycles. The van der Waals surface area contributed by atoms with Gasteiger partial charge in [-0.1, -0.05) is 20.3 Å². The number of nitrogens with zero attached hydrogens (tertiary/aromatic N) is 1. The molecule has 21 heavy (non-hydrogen) atoms. The van der Waals surface area contributed by atoms with E-state index in [1.54, 1.807) is 7.11 Å². The third kappa shape index (κ3) is 4.94. The fourth-order valence-corrected chi connectivity index (χ4v) is 3.61. The lowest BCUT2D eigenvalue weighted by Gasteiger charge is -2.34. The zero-order valence-corrected chi connectivity index (χ0v) is 14.2. The molecule has 1 aliphatic rings. The summed E-state index contributed by atoms with van der Waals surface area (Å²) in [5.74, 6) is 0.785. The highest BCUT2D eigenvalue weighted by atomic mass is 16.5. The predicted octanol–water partition coefficient (Wildman–Crippen LogP) is 1.22. The van der Waals surface area contributed by atoms with Crippen molar-refractivity contribution in [2.24, 2.45) is 17.6 Å². The molecule has 0 spiro atoms. The highest BCUT2D eigenvalue weighted by Crippen LogP contribution is 2.37. The fourth-order valence-electron chi connectivity index (χ4n) is 3.61. The smallest absolute Gasteiger partial charge is 0.238 e. The molecular weight excluding hydrogens is 266 g/mol. The maximum atomic E-state index is 11.9.